The molecule has 4 heteroatoms. The summed E-state index contributed by atoms with van der Waals surface area (Å²) in [4.78, 5) is 0. The Balaban J connectivity index is 2.28. The van der Waals surface area contributed by atoms with Gasteiger partial charge in [0.1, 0.15) is 11.6 Å². The van der Waals surface area contributed by atoms with Gasteiger partial charge in [0, 0.05) is 17.1 Å². The van der Waals surface area contributed by atoms with E-state index in [1.54, 1.807) is 7.05 Å². The molecule has 0 spiro atoms. The number of benzene rings is 2. The van der Waals surface area contributed by atoms with Crippen molar-refractivity contribution in [1.82, 2.24) is 5.32 Å². The lowest BCUT2D eigenvalue weighted by Crippen LogP contribution is -2.19. The molecule has 1 unspecified atom stereocenters. The molecule has 0 aliphatic rings. The van der Waals surface area contributed by atoms with Crippen LogP contribution in [0.25, 0.3) is 0 Å². The molecule has 0 aliphatic heterocycles. The highest BCUT2D eigenvalue weighted by molar-refractivity contribution is 6.31. The molecule has 0 fully saturated rings. The predicted molar refractivity (Wildman–Crippen MR) is 78.1 cm³/mol. The minimum atomic E-state index is -0.565. The molecule has 0 saturated carbocycles. The zero-order chi connectivity index (χ0) is 14.7. The second kappa shape index (κ2) is 6.33. The van der Waals surface area contributed by atoms with Gasteiger partial charge < -0.3 is 5.32 Å². The molecule has 2 aromatic carbocycles. The second-order valence-corrected chi connectivity index (χ2v) is 5.26. The lowest BCUT2D eigenvalue weighted by molar-refractivity contribution is 0.562. The van der Waals surface area contributed by atoms with E-state index in [1.165, 1.54) is 12.1 Å². The molecule has 2 aromatic rings. The first-order valence-corrected chi connectivity index (χ1v) is 6.75. The summed E-state index contributed by atoms with van der Waals surface area (Å²) in [6.07, 6.45) is 0.466. The lowest BCUT2D eigenvalue weighted by atomic mass is 9.98. The van der Waals surface area contributed by atoms with Gasteiger partial charge in [-0.05, 0) is 55.3 Å². The fourth-order valence-electron chi connectivity index (χ4n) is 2.25. The van der Waals surface area contributed by atoms with Gasteiger partial charge in [-0.2, -0.15) is 0 Å². The fourth-order valence-corrected chi connectivity index (χ4v) is 2.61. The molecule has 0 aliphatic carbocycles. The van der Waals surface area contributed by atoms with Gasteiger partial charge in [0.15, 0.2) is 0 Å². The predicted octanol–water partition coefficient (Wildman–Crippen LogP) is 4.43. The number of hydrogen-bond acceptors (Lipinski definition) is 1. The minimum absolute atomic E-state index is 0.0932. The first-order valence-electron chi connectivity index (χ1n) is 6.38. The summed E-state index contributed by atoms with van der Waals surface area (Å²) < 4.78 is 26.5. The number of aryl methyl sites for hydroxylation is 1. The average Bonchev–Trinajstić information content (AvgIpc) is 2.35. The Morgan fingerprint density at radius 2 is 1.75 bits per heavy atom. The van der Waals surface area contributed by atoms with Crippen molar-refractivity contribution in [2.75, 3.05) is 7.05 Å². The summed E-state index contributed by atoms with van der Waals surface area (Å²) in [6.45, 7) is 1.96. The van der Waals surface area contributed by atoms with Gasteiger partial charge in [-0.25, -0.2) is 8.78 Å². The van der Waals surface area contributed by atoms with E-state index >= 15 is 0 Å². The molecule has 0 saturated heterocycles. The summed E-state index contributed by atoms with van der Waals surface area (Å²) in [7, 11) is 1.80. The zero-order valence-electron chi connectivity index (χ0n) is 11.4. The van der Waals surface area contributed by atoms with Crippen LogP contribution < -0.4 is 5.32 Å². The van der Waals surface area contributed by atoms with Gasteiger partial charge in [0.25, 0.3) is 0 Å². The number of likely N-dealkylation sites (N-methyl/N-ethyl adjacent to an activating group) is 1. The number of nitrogens with one attached hydrogen (secondary N) is 1. The molecule has 0 bridgehead atoms. The Morgan fingerprint density at radius 1 is 1.10 bits per heavy atom. The highest BCUT2D eigenvalue weighted by atomic mass is 35.5. The zero-order valence-corrected chi connectivity index (χ0v) is 12.1. The van der Waals surface area contributed by atoms with E-state index in [0.717, 1.165) is 17.2 Å². The first kappa shape index (κ1) is 14.9. The van der Waals surface area contributed by atoms with Crippen LogP contribution in [-0.2, 0) is 6.42 Å². The number of rotatable bonds is 4. The van der Waals surface area contributed by atoms with Crippen LogP contribution in [-0.4, -0.2) is 7.05 Å². The van der Waals surface area contributed by atoms with Crippen molar-refractivity contribution >= 4 is 11.6 Å². The van der Waals surface area contributed by atoms with E-state index in [-0.39, 0.29) is 6.04 Å². The van der Waals surface area contributed by atoms with Gasteiger partial charge in [-0.15, -0.1) is 0 Å². The van der Waals surface area contributed by atoms with Crippen molar-refractivity contribution in [3.63, 3.8) is 0 Å². The second-order valence-electron chi connectivity index (χ2n) is 4.85. The van der Waals surface area contributed by atoms with Gasteiger partial charge >= 0.3 is 0 Å². The molecular weight excluding hydrogens is 280 g/mol. The average molecular weight is 296 g/mol. The Kier molecular flexibility index (Phi) is 4.73. The standard InChI is InChI=1S/C16H16ClF2N/c1-10-3-4-14(15(17)5-10)16(20-2)8-11-6-12(18)9-13(19)7-11/h3-7,9,16,20H,8H2,1-2H3. The van der Waals surface area contributed by atoms with Crippen molar-refractivity contribution < 1.29 is 8.78 Å². The highest BCUT2D eigenvalue weighted by Crippen LogP contribution is 2.27. The molecule has 0 amide bonds. The first-order chi connectivity index (χ1) is 9.49. The van der Waals surface area contributed by atoms with Gasteiger partial charge in [-0.3, -0.25) is 0 Å². The third kappa shape index (κ3) is 3.56. The topological polar surface area (TPSA) is 12.0 Å². The van der Waals surface area contributed by atoms with E-state index in [2.05, 4.69) is 5.32 Å². The third-order valence-electron chi connectivity index (χ3n) is 3.24. The summed E-state index contributed by atoms with van der Waals surface area (Å²) in [5, 5.41) is 3.79. The van der Waals surface area contributed by atoms with Crippen molar-refractivity contribution in [3.05, 3.63) is 69.7 Å². The van der Waals surface area contributed by atoms with E-state index < -0.39 is 11.6 Å². The van der Waals surface area contributed by atoms with Crippen LogP contribution in [0.3, 0.4) is 0 Å². The molecule has 20 heavy (non-hydrogen) atoms. The maximum absolute atomic E-state index is 13.2. The largest absolute Gasteiger partial charge is 0.313 e. The minimum Gasteiger partial charge on any atom is -0.313 e. The van der Waals surface area contributed by atoms with E-state index in [4.69, 9.17) is 11.6 Å². The van der Waals surface area contributed by atoms with Crippen molar-refractivity contribution in [2.45, 2.75) is 19.4 Å². The molecule has 0 heterocycles. The van der Waals surface area contributed by atoms with Crippen molar-refractivity contribution in [2.24, 2.45) is 0 Å². The summed E-state index contributed by atoms with van der Waals surface area (Å²) in [6, 6.07) is 9.26. The smallest absolute Gasteiger partial charge is 0.126 e. The van der Waals surface area contributed by atoms with Crippen molar-refractivity contribution in [3.8, 4) is 0 Å². The molecule has 2 rings (SSSR count). The van der Waals surface area contributed by atoms with Gasteiger partial charge in [-0.1, -0.05) is 23.7 Å². The van der Waals surface area contributed by atoms with Crippen LogP contribution in [0.5, 0.6) is 0 Å². The molecule has 1 nitrogen and oxygen atoms in total. The Morgan fingerprint density at radius 3 is 2.30 bits per heavy atom. The maximum atomic E-state index is 13.2. The molecule has 1 atom stereocenters. The number of hydrogen-bond donors (Lipinski definition) is 1. The maximum Gasteiger partial charge on any atom is 0.126 e. The lowest BCUT2D eigenvalue weighted by Gasteiger charge is -2.18. The van der Waals surface area contributed by atoms with Crippen LogP contribution in [0.2, 0.25) is 5.02 Å². The fraction of sp³-hybridized carbons (Fsp3) is 0.250. The van der Waals surface area contributed by atoms with Crippen LogP contribution in [0.4, 0.5) is 8.78 Å². The quantitative estimate of drug-likeness (QED) is 0.880. The SMILES string of the molecule is CNC(Cc1cc(F)cc(F)c1)c1ccc(C)cc1Cl. The molecule has 0 aromatic heterocycles. The van der Waals surface area contributed by atoms with E-state index in [0.29, 0.717) is 17.0 Å². The van der Waals surface area contributed by atoms with Crippen LogP contribution in [0.15, 0.2) is 36.4 Å². The highest BCUT2D eigenvalue weighted by Gasteiger charge is 2.14. The molecule has 106 valence electrons. The Labute approximate surface area is 122 Å². The third-order valence-corrected chi connectivity index (χ3v) is 3.57. The number of halogens is 3. The van der Waals surface area contributed by atoms with Crippen LogP contribution in [0.1, 0.15) is 22.7 Å². The monoisotopic (exact) mass is 295 g/mol. The van der Waals surface area contributed by atoms with E-state index in [1.807, 2.05) is 25.1 Å². The molecular formula is C16H16ClF2N. The summed E-state index contributed by atoms with van der Waals surface area (Å²) in [5.41, 5.74) is 2.59. The van der Waals surface area contributed by atoms with E-state index in [9.17, 15) is 8.78 Å². The van der Waals surface area contributed by atoms with Crippen molar-refractivity contribution in [1.29, 1.82) is 0 Å². The van der Waals surface area contributed by atoms with Gasteiger partial charge in [0.2, 0.25) is 0 Å². The Hall–Kier alpha value is -1.45. The molecule has 0 radical (unpaired) electrons. The Bertz CT molecular complexity index is 593. The normalized spacial score (nSPS) is 12.4. The molecule has 1 N–H and O–H groups in total. The van der Waals surface area contributed by atoms with Crippen LogP contribution >= 0.6 is 11.6 Å². The van der Waals surface area contributed by atoms with Crippen LogP contribution in [0, 0.1) is 18.6 Å². The summed E-state index contributed by atoms with van der Waals surface area (Å²) in [5.74, 6) is -1.13. The summed E-state index contributed by atoms with van der Waals surface area (Å²) >= 11 is 6.24. The van der Waals surface area contributed by atoms with Gasteiger partial charge in [0.05, 0.1) is 0 Å².